The van der Waals surface area contributed by atoms with E-state index in [1.54, 1.807) is 0 Å². The van der Waals surface area contributed by atoms with Gasteiger partial charge in [0.2, 0.25) is 0 Å². The maximum atomic E-state index is 11.6. The molecule has 0 amide bonds. The molecule has 0 radical (unpaired) electrons. The fraction of sp³-hybridized carbons (Fsp3) is 0.875. The Bertz CT molecular complexity index is 183. The summed E-state index contributed by atoms with van der Waals surface area (Å²) in [5.41, 5.74) is 0. The third kappa shape index (κ3) is 8.71. The van der Waals surface area contributed by atoms with Crippen LogP contribution in [0.25, 0.3) is 0 Å². The molecule has 0 aromatic carbocycles. The summed E-state index contributed by atoms with van der Waals surface area (Å²) in [4.78, 5) is 10.4. The molecule has 0 aliphatic carbocycles. The number of carbonyl (C=O) groups is 1. The maximum Gasteiger partial charge on any atom is 0.320 e. The molecule has 4 nitrogen and oxygen atoms in total. The second kappa shape index (κ2) is 8.99. The molecule has 0 spiro atoms. The molecule has 0 aliphatic heterocycles. The SMILES string of the molecule is COC(=O)C(Br)CNCCOCC(F)F. The number of hydrogen-bond donors (Lipinski definition) is 1. The molecule has 0 aliphatic rings. The number of ether oxygens (including phenoxy) is 2. The number of halogens is 3. The van der Waals surface area contributed by atoms with Gasteiger partial charge in [0.15, 0.2) is 0 Å². The number of alkyl halides is 3. The molecule has 0 aromatic heterocycles. The van der Waals surface area contributed by atoms with Crippen LogP contribution < -0.4 is 5.32 Å². The van der Waals surface area contributed by atoms with E-state index in [-0.39, 0.29) is 12.6 Å². The van der Waals surface area contributed by atoms with Gasteiger partial charge in [-0.1, -0.05) is 15.9 Å². The second-order valence-electron chi connectivity index (χ2n) is 2.66. The van der Waals surface area contributed by atoms with Crippen molar-refractivity contribution >= 4 is 21.9 Å². The maximum absolute atomic E-state index is 11.6. The predicted octanol–water partition coefficient (Wildman–Crippen LogP) is 0.794. The van der Waals surface area contributed by atoms with Crippen molar-refractivity contribution in [3.05, 3.63) is 0 Å². The monoisotopic (exact) mass is 289 g/mol. The molecule has 15 heavy (non-hydrogen) atoms. The Morgan fingerprint density at radius 2 is 2.20 bits per heavy atom. The molecule has 0 bridgehead atoms. The number of nitrogens with one attached hydrogen (secondary N) is 1. The van der Waals surface area contributed by atoms with Crippen molar-refractivity contribution in [3.63, 3.8) is 0 Å². The van der Waals surface area contributed by atoms with Gasteiger partial charge in [-0.05, 0) is 0 Å². The summed E-state index contributed by atoms with van der Waals surface area (Å²) in [6, 6.07) is 0. The first-order valence-corrected chi connectivity index (χ1v) is 5.28. The Labute approximate surface area is 95.4 Å². The van der Waals surface area contributed by atoms with E-state index >= 15 is 0 Å². The van der Waals surface area contributed by atoms with E-state index in [2.05, 4.69) is 30.7 Å². The van der Waals surface area contributed by atoms with Crippen molar-refractivity contribution in [2.24, 2.45) is 0 Å². The Morgan fingerprint density at radius 1 is 1.53 bits per heavy atom. The van der Waals surface area contributed by atoms with Gasteiger partial charge in [-0.3, -0.25) is 4.79 Å². The third-order valence-corrected chi connectivity index (χ3v) is 2.15. The Hall–Kier alpha value is -0.270. The minimum Gasteiger partial charge on any atom is -0.468 e. The van der Waals surface area contributed by atoms with Crippen LogP contribution in [0.3, 0.4) is 0 Å². The standard InChI is InChI=1S/C8H14BrF2NO3/c1-14-8(13)6(9)4-12-2-3-15-5-7(10)11/h6-7,12H,2-5H2,1H3. The average molecular weight is 290 g/mol. The minimum atomic E-state index is -2.44. The molecule has 0 heterocycles. The second-order valence-corrected chi connectivity index (χ2v) is 3.77. The highest BCUT2D eigenvalue weighted by atomic mass is 79.9. The molecule has 1 atom stereocenters. The number of rotatable bonds is 8. The van der Waals surface area contributed by atoms with E-state index in [9.17, 15) is 13.6 Å². The van der Waals surface area contributed by atoms with Crippen LogP contribution in [-0.4, -0.2) is 50.6 Å². The number of hydrogen-bond acceptors (Lipinski definition) is 4. The van der Waals surface area contributed by atoms with Crippen LogP contribution in [0.1, 0.15) is 0 Å². The van der Waals surface area contributed by atoms with Crippen LogP contribution in [0, 0.1) is 0 Å². The van der Waals surface area contributed by atoms with Gasteiger partial charge < -0.3 is 14.8 Å². The summed E-state index contributed by atoms with van der Waals surface area (Å²) in [7, 11) is 1.29. The normalized spacial score (nSPS) is 12.9. The lowest BCUT2D eigenvalue weighted by molar-refractivity contribution is -0.139. The van der Waals surface area contributed by atoms with E-state index in [1.807, 2.05) is 0 Å². The van der Waals surface area contributed by atoms with Crippen LogP contribution in [0.15, 0.2) is 0 Å². The van der Waals surface area contributed by atoms with Crippen molar-refractivity contribution in [2.45, 2.75) is 11.3 Å². The first-order valence-electron chi connectivity index (χ1n) is 4.36. The molecule has 0 saturated heterocycles. The Balaban J connectivity index is 3.27. The third-order valence-electron chi connectivity index (χ3n) is 1.45. The molecule has 0 saturated carbocycles. The zero-order chi connectivity index (χ0) is 11.7. The molecule has 90 valence electrons. The van der Waals surface area contributed by atoms with E-state index in [1.165, 1.54) is 7.11 Å². The highest BCUT2D eigenvalue weighted by Crippen LogP contribution is 1.99. The molecule has 0 rings (SSSR count). The highest BCUT2D eigenvalue weighted by Gasteiger charge is 2.13. The summed E-state index contributed by atoms with van der Waals surface area (Å²) in [6.07, 6.45) is -2.44. The van der Waals surface area contributed by atoms with Crippen molar-refractivity contribution in [1.29, 1.82) is 0 Å². The van der Waals surface area contributed by atoms with Gasteiger partial charge in [0.25, 0.3) is 6.43 Å². The summed E-state index contributed by atoms with van der Waals surface area (Å²) in [5.74, 6) is -0.379. The lowest BCUT2D eigenvalue weighted by Gasteiger charge is -2.09. The Morgan fingerprint density at radius 3 is 2.73 bits per heavy atom. The van der Waals surface area contributed by atoms with E-state index < -0.39 is 17.9 Å². The fourth-order valence-electron chi connectivity index (χ4n) is 0.757. The zero-order valence-corrected chi connectivity index (χ0v) is 9.93. The number of esters is 1. The van der Waals surface area contributed by atoms with E-state index in [0.717, 1.165) is 0 Å². The molecule has 1 N–H and O–H groups in total. The van der Waals surface area contributed by atoms with Gasteiger partial charge in [0.1, 0.15) is 11.4 Å². The van der Waals surface area contributed by atoms with Crippen molar-refractivity contribution in [1.82, 2.24) is 5.32 Å². The van der Waals surface area contributed by atoms with Crippen LogP contribution in [0.5, 0.6) is 0 Å². The lowest BCUT2D eigenvalue weighted by atomic mass is 10.4. The topological polar surface area (TPSA) is 47.6 Å². The van der Waals surface area contributed by atoms with Gasteiger partial charge in [0.05, 0.1) is 13.7 Å². The van der Waals surface area contributed by atoms with Gasteiger partial charge >= 0.3 is 5.97 Å². The molecule has 7 heteroatoms. The Kier molecular flexibility index (Phi) is 8.83. The van der Waals surface area contributed by atoms with Crippen molar-refractivity contribution in [2.75, 3.05) is 33.4 Å². The molecule has 1 unspecified atom stereocenters. The summed E-state index contributed by atoms with van der Waals surface area (Å²) >= 11 is 3.10. The van der Waals surface area contributed by atoms with Gasteiger partial charge in [-0.15, -0.1) is 0 Å². The number of methoxy groups -OCH3 is 1. The summed E-state index contributed by atoms with van der Waals surface area (Å²) < 4.78 is 32.3. The van der Waals surface area contributed by atoms with Crippen molar-refractivity contribution < 1.29 is 23.0 Å². The largest absolute Gasteiger partial charge is 0.468 e. The zero-order valence-electron chi connectivity index (χ0n) is 8.34. The molecular formula is C8H14BrF2NO3. The quantitative estimate of drug-likeness (QED) is 0.408. The highest BCUT2D eigenvalue weighted by molar-refractivity contribution is 9.10. The average Bonchev–Trinajstić information content (AvgIpc) is 2.21. The molecule has 0 aromatic rings. The van der Waals surface area contributed by atoms with Crippen LogP contribution in [0.4, 0.5) is 8.78 Å². The minimum absolute atomic E-state index is 0.186. The smallest absolute Gasteiger partial charge is 0.320 e. The van der Waals surface area contributed by atoms with Gasteiger partial charge in [-0.25, -0.2) is 8.78 Å². The lowest BCUT2D eigenvalue weighted by Crippen LogP contribution is -2.32. The van der Waals surface area contributed by atoms with Gasteiger partial charge in [0, 0.05) is 13.1 Å². The first kappa shape index (κ1) is 14.7. The van der Waals surface area contributed by atoms with Crippen LogP contribution in [-0.2, 0) is 14.3 Å². The van der Waals surface area contributed by atoms with Crippen molar-refractivity contribution in [3.8, 4) is 0 Å². The predicted molar refractivity (Wildman–Crippen MR) is 54.4 cm³/mol. The van der Waals surface area contributed by atoms with E-state index in [0.29, 0.717) is 13.1 Å². The fourth-order valence-corrected chi connectivity index (χ4v) is 1.17. The summed E-state index contributed by atoms with van der Waals surface area (Å²) in [5, 5.41) is 2.86. The summed E-state index contributed by atoms with van der Waals surface area (Å²) in [6.45, 7) is 0.401. The van der Waals surface area contributed by atoms with Crippen LogP contribution >= 0.6 is 15.9 Å². The van der Waals surface area contributed by atoms with Gasteiger partial charge in [-0.2, -0.15) is 0 Å². The molecule has 0 fully saturated rings. The van der Waals surface area contributed by atoms with E-state index in [4.69, 9.17) is 0 Å². The van der Waals surface area contributed by atoms with Crippen LogP contribution in [0.2, 0.25) is 0 Å². The molecular weight excluding hydrogens is 276 g/mol. The first-order chi connectivity index (χ1) is 7.07. The number of carbonyl (C=O) groups excluding carboxylic acids is 1.